The van der Waals surface area contributed by atoms with Gasteiger partial charge < -0.3 is 0 Å². The average molecular weight is 420 g/mol. The third-order valence-corrected chi connectivity index (χ3v) is 6.86. The van der Waals surface area contributed by atoms with E-state index in [0.29, 0.717) is 0 Å². The second kappa shape index (κ2) is 14.3. The number of aromatic nitrogens is 1. The lowest BCUT2D eigenvalue weighted by Crippen LogP contribution is -2.84. The van der Waals surface area contributed by atoms with Gasteiger partial charge in [0.15, 0.2) is 0 Å². The molecule has 1 aromatic heterocycles. The molecule has 0 saturated carbocycles. The van der Waals surface area contributed by atoms with E-state index in [1.165, 1.54) is 7.06 Å². The molecule has 0 aliphatic heterocycles. The molecule has 36 heavy (non-hydrogen) atoms. The van der Waals surface area contributed by atoms with Crippen LogP contribution in [0.2, 0.25) is 0 Å². The molecule has 0 amide bonds. The molecule has 135 valence electrons. The van der Waals surface area contributed by atoms with Gasteiger partial charge in [-0.25, -0.2) is 0 Å². The van der Waals surface area contributed by atoms with Gasteiger partial charge in [0.1, 0.15) is 0 Å². The SMILES string of the molecule is [B][B]B(B([B])[B])B(B(B([B])[B])B([B])[B])B(B(B([B])[B])B([B])[B])c1cc(C)cc(-c2cncc(C)c2)c1. The van der Waals surface area contributed by atoms with Crippen LogP contribution < -0.4 is 5.46 Å². The van der Waals surface area contributed by atoms with E-state index in [0.717, 1.165) is 27.7 Å². The zero-order valence-electron chi connectivity index (χ0n) is 21.1. The molecule has 0 N–H and O–H groups in total. The Labute approximate surface area is 238 Å². The highest BCUT2D eigenvalue weighted by molar-refractivity contribution is 8.18. The van der Waals surface area contributed by atoms with Gasteiger partial charge in [0, 0.05) is 168 Å². The number of aryl methyl sites for hydroxylation is 2. The summed E-state index contributed by atoms with van der Waals surface area (Å²) < 4.78 is 0. The summed E-state index contributed by atoms with van der Waals surface area (Å²) in [6.07, 6.45) is -3.62. The van der Waals surface area contributed by atoms with Crippen molar-refractivity contribution < 1.29 is 0 Å². The highest BCUT2D eigenvalue weighted by Gasteiger charge is 2.48. The lowest BCUT2D eigenvalue weighted by Gasteiger charge is -2.45. The number of hydrogen-bond donors (Lipinski definition) is 0. The summed E-state index contributed by atoms with van der Waals surface area (Å²) >= 11 is 0. The van der Waals surface area contributed by atoms with Gasteiger partial charge in [0.05, 0.1) is 6.49 Å². The minimum atomic E-state index is -0.937. The molecule has 1 aromatic carbocycles. The molecular weight excluding hydrogens is 408 g/mol. The summed E-state index contributed by atoms with van der Waals surface area (Å²) in [5.41, 5.74) is 4.67. The highest BCUT2D eigenvalue weighted by atomic mass is 14.6. The molecule has 2 aromatic rings. The molecule has 23 radical (unpaired) electrons. The first-order chi connectivity index (χ1) is 16.8. The Hall–Kier alpha value is -0.201. The first kappa shape index (κ1) is 32.0. The van der Waals surface area contributed by atoms with Crippen LogP contribution in [0.5, 0.6) is 0 Å². The van der Waals surface area contributed by atoms with Crippen LogP contribution in [0.4, 0.5) is 0 Å². The second-order valence-electron chi connectivity index (χ2n) is 9.80. The van der Waals surface area contributed by atoms with Crippen LogP contribution in [0.15, 0.2) is 36.7 Å². The molecule has 1 nitrogen and oxygen atoms in total. The third-order valence-electron chi connectivity index (χ3n) is 6.86. The van der Waals surface area contributed by atoms with E-state index >= 15 is 0 Å². The lowest BCUT2D eigenvalue weighted by molar-refractivity contribution is 1.27. The summed E-state index contributed by atoms with van der Waals surface area (Å²) in [5.74, 6) is 0. The number of pyridine rings is 1. The zero-order valence-corrected chi connectivity index (χ0v) is 21.1. The first-order valence-electron chi connectivity index (χ1n) is 11.9. The molecule has 0 aliphatic carbocycles. The molecule has 0 fully saturated rings. The van der Waals surface area contributed by atoms with E-state index < -0.39 is 64.0 Å². The van der Waals surface area contributed by atoms with Crippen LogP contribution in [0.25, 0.3) is 11.1 Å². The molecule has 0 aliphatic rings. The Kier molecular flexibility index (Phi) is 12.7. The highest BCUT2D eigenvalue weighted by Crippen LogP contribution is 2.21. The Morgan fingerprint density at radius 1 is 0.583 bits per heavy atom. The Morgan fingerprint density at radius 2 is 1.11 bits per heavy atom. The maximum absolute atomic E-state index is 6.27. The summed E-state index contributed by atoms with van der Waals surface area (Å²) in [6.45, 7) is 3.39. The maximum atomic E-state index is 6.27. The smallest absolute Gasteiger partial charge is 0.0804 e. The van der Waals surface area contributed by atoms with Crippen molar-refractivity contribution in [2.45, 2.75) is 13.8 Å². The van der Waals surface area contributed by atoms with E-state index in [2.05, 4.69) is 4.98 Å². The molecule has 0 saturated heterocycles. The summed E-state index contributed by atoms with van der Waals surface area (Å²) in [5, 5.41) is 0. The van der Waals surface area contributed by atoms with Crippen molar-refractivity contribution in [2.75, 3.05) is 0 Å². The van der Waals surface area contributed by atoms with Crippen molar-refractivity contribution in [3.8, 4) is 11.1 Å². The fourth-order valence-corrected chi connectivity index (χ4v) is 5.34. The van der Waals surface area contributed by atoms with Gasteiger partial charge in [0.25, 0.3) is 0 Å². The fourth-order valence-electron chi connectivity index (χ4n) is 5.34. The minimum Gasteiger partial charge on any atom is -0.264 e. The van der Waals surface area contributed by atoms with Gasteiger partial charge in [-0.1, -0.05) is 29.2 Å². The van der Waals surface area contributed by atoms with Crippen molar-refractivity contribution in [2.24, 2.45) is 0 Å². The van der Waals surface area contributed by atoms with E-state index in [9.17, 15) is 0 Å². The Balaban J connectivity index is 2.91. The normalized spacial score (nSPS) is 10.1. The van der Waals surface area contributed by atoms with Gasteiger partial charge in [0.2, 0.25) is 0 Å². The fraction of sp³-hybridized carbons (Fsp3) is 0.154. The first-order valence-corrected chi connectivity index (χ1v) is 11.9. The van der Waals surface area contributed by atoms with Crippen LogP contribution in [0, 0.1) is 13.8 Å². The van der Waals surface area contributed by atoms with Gasteiger partial charge in [-0.05, 0) is 31.0 Å². The average Bonchev–Trinajstić information content (AvgIpc) is 2.75. The van der Waals surface area contributed by atoms with Gasteiger partial charge >= 0.3 is 0 Å². The topological polar surface area (TPSA) is 12.9 Å². The number of hydrogen-bond acceptors (Lipinski definition) is 1. The predicted molar refractivity (Wildman–Crippen MR) is 185 cm³/mol. The number of nitrogens with zero attached hydrogens (tertiary/aromatic N) is 1. The van der Waals surface area contributed by atoms with Crippen molar-refractivity contribution in [3.05, 3.63) is 47.8 Å². The van der Waals surface area contributed by atoms with Crippen molar-refractivity contribution in [1.82, 2.24) is 4.98 Å². The minimum absolute atomic E-state index is 0.560. The van der Waals surface area contributed by atoms with Crippen LogP contribution in [0.1, 0.15) is 11.1 Å². The van der Waals surface area contributed by atoms with E-state index in [-0.39, 0.29) is 0 Å². The molecule has 0 bridgehead atoms. The third kappa shape index (κ3) is 7.91. The van der Waals surface area contributed by atoms with Crippen LogP contribution in [-0.2, 0) is 0 Å². The van der Waals surface area contributed by atoms with Gasteiger partial charge in [-0.3, -0.25) is 4.98 Å². The quantitative estimate of drug-likeness (QED) is 0.312. The number of rotatable bonds is 12. The van der Waals surface area contributed by atoms with Gasteiger partial charge in [-0.2, -0.15) is 0 Å². The molecule has 0 spiro atoms. The predicted octanol–water partition coefficient (Wildman–Crippen LogP) is -5.84. The summed E-state index contributed by atoms with van der Waals surface area (Å²) in [4.78, 5) is 4.33. The standard InChI is InChI=1S/C13H12B22N/c1-9-3-11(12-4-10(2)7-36-8-12)6-13(5-9)26(33(28(17)18)29(19)20)34(32(25-14)27(15)16)35(30(21)22)31(23)24/h3-8H,1-2H3. The van der Waals surface area contributed by atoms with Crippen molar-refractivity contribution >= 4 is 162 Å². The van der Waals surface area contributed by atoms with Gasteiger partial charge in [-0.15, -0.1) is 0 Å². The monoisotopic (exact) mass is 424 g/mol. The van der Waals surface area contributed by atoms with Crippen LogP contribution in [0.3, 0.4) is 0 Å². The molecule has 2 rings (SSSR count). The Morgan fingerprint density at radius 3 is 1.56 bits per heavy atom. The molecule has 0 atom stereocenters. The second-order valence-corrected chi connectivity index (χ2v) is 9.80. The van der Waals surface area contributed by atoms with Crippen LogP contribution >= 0.6 is 0 Å². The Bertz CT molecular complexity index is 953. The largest absolute Gasteiger partial charge is 0.264 e. The van der Waals surface area contributed by atoms with Crippen molar-refractivity contribution in [1.29, 1.82) is 0 Å². The lowest BCUT2D eigenvalue weighted by atomic mass is 8.39. The molecular formula is C13H12B22N. The van der Waals surface area contributed by atoms with E-state index in [1.54, 1.807) is 12.4 Å². The summed E-state index contributed by atoms with van der Waals surface area (Å²) in [7, 11) is 69.8. The van der Waals surface area contributed by atoms with Crippen molar-refractivity contribution in [3.63, 3.8) is 0 Å². The van der Waals surface area contributed by atoms with E-state index in [1.807, 2.05) is 38.1 Å². The summed E-state index contributed by atoms with van der Waals surface area (Å²) in [6, 6.07) is 8.10. The zero-order chi connectivity index (χ0) is 27.3. The molecule has 23 heteroatoms. The molecule has 1 heterocycles. The molecule has 0 unspecified atom stereocenters. The van der Waals surface area contributed by atoms with Crippen LogP contribution in [-0.4, -0.2) is 161 Å². The van der Waals surface area contributed by atoms with E-state index in [4.69, 9.17) is 85.1 Å². The number of benzene rings is 1. The maximum Gasteiger partial charge on any atom is 0.0804 e.